The van der Waals surface area contributed by atoms with Crippen molar-refractivity contribution in [1.29, 1.82) is 0 Å². The third-order valence-electron chi connectivity index (χ3n) is 3.68. The van der Waals surface area contributed by atoms with E-state index in [4.69, 9.17) is 0 Å². The molecule has 0 atom stereocenters. The molecule has 0 bridgehead atoms. The molecule has 0 fully saturated rings. The lowest BCUT2D eigenvalue weighted by molar-refractivity contribution is 0.240. The first-order valence-electron chi connectivity index (χ1n) is 7.53. The van der Waals surface area contributed by atoms with Crippen LogP contribution in [0.15, 0.2) is 54.7 Å². The summed E-state index contributed by atoms with van der Waals surface area (Å²) in [6.07, 6.45) is 2.68. The van der Waals surface area contributed by atoms with Crippen LogP contribution in [0.25, 0.3) is 10.9 Å². The first kappa shape index (κ1) is 15.1. The molecule has 2 amide bonds. The molecule has 3 aromatic rings. The zero-order valence-corrected chi connectivity index (χ0v) is 12.6. The van der Waals surface area contributed by atoms with Crippen LogP contribution in [0.5, 0.6) is 0 Å². The number of H-pyrrole nitrogens is 1. The van der Waals surface area contributed by atoms with E-state index in [1.165, 1.54) is 23.1 Å². The number of fused-ring (bicyclic) bond motifs is 1. The summed E-state index contributed by atoms with van der Waals surface area (Å²) in [5.74, 6) is -0.280. The van der Waals surface area contributed by atoms with Crippen molar-refractivity contribution < 1.29 is 9.18 Å². The summed E-state index contributed by atoms with van der Waals surface area (Å²) >= 11 is 0. The van der Waals surface area contributed by atoms with E-state index >= 15 is 0 Å². The van der Waals surface area contributed by atoms with Crippen molar-refractivity contribution >= 4 is 16.9 Å². The molecule has 5 heteroatoms. The number of carbonyl (C=O) groups excluding carboxylic acids is 1. The van der Waals surface area contributed by atoms with Crippen LogP contribution in [-0.4, -0.2) is 17.6 Å². The maximum atomic E-state index is 12.8. The summed E-state index contributed by atoms with van der Waals surface area (Å²) in [5, 5.41) is 6.75. The Morgan fingerprint density at radius 3 is 2.61 bits per heavy atom. The normalized spacial score (nSPS) is 10.7. The van der Waals surface area contributed by atoms with E-state index in [1.807, 2.05) is 18.3 Å². The predicted molar refractivity (Wildman–Crippen MR) is 88.6 cm³/mol. The van der Waals surface area contributed by atoms with Gasteiger partial charge in [0.1, 0.15) is 5.82 Å². The number of nitrogens with one attached hydrogen (secondary N) is 3. The minimum Gasteiger partial charge on any atom is -0.361 e. The van der Waals surface area contributed by atoms with Crippen LogP contribution < -0.4 is 10.6 Å². The zero-order chi connectivity index (χ0) is 16.1. The molecule has 1 heterocycles. The summed E-state index contributed by atoms with van der Waals surface area (Å²) in [5.41, 5.74) is 3.15. The van der Waals surface area contributed by atoms with Crippen molar-refractivity contribution in [1.82, 2.24) is 15.6 Å². The van der Waals surface area contributed by atoms with Crippen molar-refractivity contribution in [3.8, 4) is 0 Å². The number of rotatable bonds is 5. The Hall–Kier alpha value is -2.82. The van der Waals surface area contributed by atoms with Crippen LogP contribution >= 0.6 is 0 Å². The number of aromatic nitrogens is 1. The van der Waals surface area contributed by atoms with Gasteiger partial charge >= 0.3 is 6.03 Å². The van der Waals surface area contributed by atoms with Gasteiger partial charge in [0.05, 0.1) is 0 Å². The second kappa shape index (κ2) is 6.96. The Morgan fingerprint density at radius 2 is 1.78 bits per heavy atom. The lowest BCUT2D eigenvalue weighted by atomic mass is 10.1. The fourth-order valence-corrected chi connectivity index (χ4v) is 2.43. The van der Waals surface area contributed by atoms with Crippen molar-refractivity contribution in [2.24, 2.45) is 0 Å². The highest BCUT2D eigenvalue weighted by molar-refractivity contribution is 5.80. The van der Waals surface area contributed by atoms with E-state index in [1.54, 1.807) is 12.1 Å². The fraction of sp³-hybridized carbons (Fsp3) is 0.167. The number of amides is 2. The van der Waals surface area contributed by atoms with Gasteiger partial charge in [-0.2, -0.15) is 0 Å². The molecule has 1 aromatic heterocycles. The molecule has 4 nitrogen and oxygen atoms in total. The highest BCUT2D eigenvalue weighted by atomic mass is 19.1. The average molecular weight is 311 g/mol. The standard InChI is InChI=1S/C18H18FN3O/c19-16-4-1-14(2-5-16)12-22-18(23)21-9-7-13-3-6-17-15(11-13)8-10-20-17/h1-6,8,10-11,20H,7,9,12H2,(H2,21,22,23). The van der Waals surface area contributed by atoms with Crippen LogP contribution in [0.2, 0.25) is 0 Å². The van der Waals surface area contributed by atoms with Gasteiger partial charge in [-0.1, -0.05) is 18.2 Å². The number of halogens is 1. The molecule has 0 aliphatic rings. The maximum absolute atomic E-state index is 12.8. The third-order valence-corrected chi connectivity index (χ3v) is 3.68. The number of urea groups is 1. The van der Waals surface area contributed by atoms with Crippen LogP contribution in [0.3, 0.4) is 0 Å². The van der Waals surface area contributed by atoms with Crippen LogP contribution in [-0.2, 0) is 13.0 Å². The van der Waals surface area contributed by atoms with Crippen LogP contribution in [0.1, 0.15) is 11.1 Å². The predicted octanol–water partition coefficient (Wildman–Crippen LogP) is 3.35. The minimum absolute atomic E-state index is 0.225. The number of benzene rings is 2. The molecule has 0 aliphatic carbocycles. The first-order chi connectivity index (χ1) is 11.2. The summed E-state index contributed by atoms with van der Waals surface area (Å²) in [7, 11) is 0. The van der Waals surface area contributed by atoms with Gasteiger partial charge in [0, 0.05) is 24.8 Å². The zero-order valence-electron chi connectivity index (χ0n) is 12.6. The molecule has 0 aliphatic heterocycles. The van der Waals surface area contributed by atoms with Crippen LogP contribution in [0.4, 0.5) is 9.18 Å². The average Bonchev–Trinajstić information content (AvgIpc) is 3.02. The lowest BCUT2D eigenvalue weighted by Gasteiger charge is -2.08. The smallest absolute Gasteiger partial charge is 0.315 e. The van der Waals surface area contributed by atoms with Gasteiger partial charge in [-0.15, -0.1) is 0 Å². The minimum atomic E-state index is -0.280. The number of hydrogen-bond donors (Lipinski definition) is 3. The second-order valence-electron chi connectivity index (χ2n) is 5.39. The largest absolute Gasteiger partial charge is 0.361 e. The molecule has 3 N–H and O–H groups in total. The Bertz CT molecular complexity index is 795. The summed E-state index contributed by atoms with van der Waals surface area (Å²) < 4.78 is 12.8. The van der Waals surface area contributed by atoms with Gasteiger partial charge in [-0.05, 0) is 53.3 Å². The molecule has 23 heavy (non-hydrogen) atoms. The van der Waals surface area contributed by atoms with Gasteiger partial charge in [0.25, 0.3) is 0 Å². The van der Waals surface area contributed by atoms with Crippen molar-refractivity contribution in [2.75, 3.05) is 6.54 Å². The highest BCUT2D eigenvalue weighted by Crippen LogP contribution is 2.14. The number of carbonyl (C=O) groups is 1. The monoisotopic (exact) mass is 311 g/mol. The summed E-state index contributed by atoms with van der Waals surface area (Å²) in [4.78, 5) is 14.9. The van der Waals surface area contributed by atoms with Crippen molar-refractivity contribution in [3.63, 3.8) is 0 Å². The SMILES string of the molecule is O=C(NCCc1ccc2[nH]ccc2c1)NCc1ccc(F)cc1. The number of aromatic amines is 1. The van der Waals surface area contributed by atoms with Crippen molar-refractivity contribution in [3.05, 3.63) is 71.7 Å². The highest BCUT2D eigenvalue weighted by Gasteiger charge is 2.02. The summed E-state index contributed by atoms with van der Waals surface area (Å²) in [6, 6.07) is 14.1. The molecular formula is C18H18FN3O. The molecule has 0 saturated heterocycles. The van der Waals surface area contributed by atoms with E-state index in [9.17, 15) is 9.18 Å². The van der Waals surface area contributed by atoms with Gasteiger partial charge in [0.2, 0.25) is 0 Å². The Balaban J connectivity index is 1.42. The molecule has 2 aromatic carbocycles. The van der Waals surface area contributed by atoms with Crippen LogP contribution in [0, 0.1) is 5.82 Å². The van der Waals surface area contributed by atoms with E-state index in [0.29, 0.717) is 13.1 Å². The quantitative estimate of drug-likeness (QED) is 0.665. The molecule has 3 rings (SSSR count). The maximum Gasteiger partial charge on any atom is 0.315 e. The van der Waals surface area contributed by atoms with E-state index in [2.05, 4.69) is 27.8 Å². The molecule has 118 valence electrons. The second-order valence-corrected chi connectivity index (χ2v) is 5.39. The van der Waals surface area contributed by atoms with E-state index < -0.39 is 0 Å². The van der Waals surface area contributed by atoms with Gasteiger partial charge in [-0.3, -0.25) is 0 Å². The van der Waals surface area contributed by atoms with E-state index in [0.717, 1.165) is 17.5 Å². The molecule has 0 radical (unpaired) electrons. The number of hydrogen-bond acceptors (Lipinski definition) is 1. The molecule has 0 saturated carbocycles. The Morgan fingerprint density at radius 1 is 1.00 bits per heavy atom. The Labute approximate surface area is 133 Å². The summed E-state index contributed by atoms with van der Waals surface area (Å²) in [6.45, 7) is 0.937. The van der Waals surface area contributed by atoms with E-state index in [-0.39, 0.29) is 11.8 Å². The van der Waals surface area contributed by atoms with Gasteiger partial charge < -0.3 is 15.6 Å². The lowest BCUT2D eigenvalue weighted by Crippen LogP contribution is -2.36. The first-order valence-corrected chi connectivity index (χ1v) is 7.53. The topological polar surface area (TPSA) is 56.9 Å². The molecule has 0 unspecified atom stereocenters. The molecule has 0 spiro atoms. The van der Waals surface area contributed by atoms with Gasteiger partial charge in [0.15, 0.2) is 0 Å². The van der Waals surface area contributed by atoms with Crippen molar-refractivity contribution in [2.45, 2.75) is 13.0 Å². The molecular weight excluding hydrogens is 293 g/mol. The fourth-order valence-electron chi connectivity index (χ4n) is 2.43. The Kier molecular flexibility index (Phi) is 4.57. The third kappa shape index (κ3) is 4.10. The van der Waals surface area contributed by atoms with Gasteiger partial charge in [-0.25, -0.2) is 9.18 Å².